The Morgan fingerprint density at radius 2 is 2.04 bits per heavy atom. The van der Waals surface area contributed by atoms with Crippen molar-refractivity contribution in [3.63, 3.8) is 0 Å². The van der Waals surface area contributed by atoms with Gasteiger partial charge in [-0.1, -0.05) is 6.07 Å². The SMILES string of the molecule is CCOc1ccc(/C=C2\SC(N3CC(C)OC(C)C3)=NC2=O)cc1OC. The molecule has 1 aromatic rings. The van der Waals surface area contributed by atoms with Gasteiger partial charge in [0.05, 0.1) is 30.8 Å². The van der Waals surface area contributed by atoms with Gasteiger partial charge in [-0.15, -0.1) is 0 Å². The van der Waals surface area contributed by atoms with Crippen LogP contribution in [0, 0.1) is 0 Å². The zero-order chi connectivity index (χ0) is 18.7. The highest BCUT2D eigenvalue weighted by molar-refractivity contribution is 8.18. The number of nitrogens with zero attached hydrogens (tertiary/aromatic N) is 2. The third kappa shape index (κ3) is 4.22. The predicted molar refractivity (Wildman–Crippen MR) is 104 cm³/mol. The molecule has 7 heteroatoms. The fourth-order valence-corrected chi connectivity index (χ4v) is 4.00. The molecule has 0 bridgehead atoms. The van der Waals surface area contributed by atoms with E-state index in [1.54, 1.807) is 7.11 Å². The van der Waals surface area contributed by atoms with Gasteiger partial charge in [0.1, 0.15) is 0 Å². The number of hydrogen-bond acceptors (Lipinski definition) is 6. The Kier molecular flexibility index (Phi) is 5.88. The molecule has 140 valence electrons. The van der Waals surface area contributed by atoms with Gasteiger partial charge in [-0.25, -0.2) is 0 Å². The number of aliphatic imine (C=N–C) groups is 1. The first kappa shape index (κ1) is 18.8. The number of morpholine rings is 1. The zero-order valence-corrected chi connectivity index (χ0v) is 16.3. The van der Waals surface area contributed by atoms with Crippen molar-refractivity contribution in [3.05, 3.63) is 28.7 Å². The lowest BCUT2D eigenvalue weighted by Gasteiger charge is -2.35. The molecule has 1 amide bonds. The number of methoxy groups -OCH3 is 1. The molecule has 1 saturated heterocycles. The van der Waals surface area contributed by atoms with Crippen molar-refractivity contribution in [3.8, 4) is 11.5 Å². The van der Waals surface area contributed by atoms with Gasteiger partial charge in [-0.2, -0.15) is 4.99 Å². The summed E-state index contributed by atoms with van der Waals surface area (Å²) in [6.45, 7) is 8.05. The number of amides is 1. The van der Waals surface area contributed by atoms with Gasteiger partial charge < -0.3 is 19.1 Å². The van der Waals surface area contributed by atoms with Crippen LogP contribution >= 0.6 is 11.8 Å². The molecule has 3 rings (SSSR count). The standard InChI is InChI=1S/C19H24N2O4S/c1-5-24-15-7-6-14(8-16(15)23-4)9-17-18(22)20-19(26-17)21-10-12(2)25-13(3)11-21/h6-9,12-13H,5,10-11H2,1-4H3/b17-9-. The van der Waals surface area contributed by atoms with Gasteiger partial charge in [0.25, 0.3) is 5.91 Å². The van der Waals surface area contributed by atoms with Crippen LogP contribution in [-0.2, 0) is 9.53 Å². The van der Waals surface area contributed by atoms with Crippen LogP contribution in [0.15, 0.2) is 28.1 Å². The van der Waals surface area contributed by atoms with Gasteiger partial charge in [-0.3, -0.25) is 4.79 Å². The summed E-state index contributed by atoms with van der Waals surface area (Å²) in [6.07, 6.45) is 2.09. The molecule has 0 aromatic heterocycles. The monoisotopic (exact) mass is 376 g/mol. The number of amidine groups is 1. The average molecular weight is 376 g/mol. The molecule has 2 aliphatic heterocycles. The van der Waals surface area contributed by atoms with Crippen LogP contribution in [-0.4, -0.2) is 55.0 Å². The lowest BCUT2D eigenvalue weighted by atomic mass is 10.2. The van der Waals surface area contributed by atoms with E-state index in [1.165, 1.54) is 11.8 Å². The highest BCUT2D eigenvalue weighted by atomic mass is 32.2. The molecule has 2 atom stereocenters. The number of rotatable bonds is 4. The first-order valence-corrected chi connectivity index (χ1v) is 9.55. The molecule has 26 heavy (non-hydrogen) atoms. The Labute approximate surface area is 158 Å². The zero-order valence-electron chi connectivity index (χ0n) is 15.5. The van der Waals surface area contributed by atoms with Crippen molar-refractivity contribution < 1.29 is 19.0 Å². The van der Waals surface area contributed by atoms with Crippen LogP contribution in [0.2, 0.25) is 0 Å². The number of thioether (sulfide) groups is 1. The summed E-state index contributed by atoms with van der Waals surface area (Å²) in [4.78, 5) is 19.3. The third-order valence-corrected chi connectivity index (χ3v) is 5.13. The van der Waals surface area contributed by atoms with Crippen LogP contribution in [0.1, 0.15) is 26.3 Å². The van der Waals surface area contributed by atoms with Crippen molar-refractivity contribution in [1.29, 1.82) is 0 Å². The number of hydrogen-bond donors (Lipinski definition) is 0. The van der Waals surface area contributed by atoms with Crippen molar-refractivity contribution in [2.24, 2.45) is 4.99 Å². The molecule has 0 N–H and O–H groups in total. The average Bonchev–Trinajstić information content (AvgIpc) is 2.96. The van der Waals surface area contributed by atoms with Gasteiger partial charge in [-0.05, 0) is 56.3 Å². The summed E-state index contributed by atoms with van der Waals surface area (Å²) < 4.78 is 16.7. The lowest BCUT2D eigenvalue weighted by Crippen LogP contribution is -2.47. The van der Waals surface area contributed by atoms with E-state index in [0.29, 0.717) is 23.0 Å². The minimum Gasteiger partial charge on any atom is -0.493 e. The maximum absolute atomic E-state index is 12.3. The first-order valence-electron chi connectivity index (χ1n) is 8.74. The van der Waals surface area contributed by atoms with Crippen LogP contribution < -0.4 is 9.47 Å². The fraction of sp³-hybridized carbons (Fsp3) is 0.474. The number of benzene rings is 1. The quantitative estimate of drug-likeness (QED) is 0.752. The summed E-state index contributed by atoms with van der Waals surface area (Å²) in [7, 11) is 1.60. The molecule has 2 unspecified atom stereocenters. The van der Waals surface area contributed by atoms with Crippen LogP contribution in [0.5, 0.6) is 11.5 Å². The Morgan fingerprint density at radius 3 is 2.69 bits per heavy atom. The molecule has 2 heterocycles. The number of carbonyl (C=O) groups is 1. The molecular weight excluding hydrogens is 352 g/mol. The second kappa shape index (κ2) is 8.14. The van der Waals surface area contributed by atoms with Gasteiger partial charge in [0.2, 0.25) is 0 Å². The lowest BCUT2D eigenvalue weighted by molar-refractivity contribution is -0.113. The van der Waals surface area contributed by atoms with Crippen molar-refractivity contribution >= 4 is 28.9 Å². The van der Waals surface area contributed by atoms with E-state index in [0.717, 1.165) is 23.8 Å². The van der Waals surface area contributed by atoms with Crippen molar-refractivity contribution in [2.75, 3.05) is 26.8 Å². The molecule has 1 aromatic carbocycles. The van der Waals surface area contributed by atoms with Gasteiger partial charge in [0.15, 0.2) is 16.7 Å². The molecular formula is C19H24N2O4S. The molecule has 1 fully saturated rings. The van der Waals surface area contributed by atoms with Crippen LogP contribution in [0.25, 0.3) is 6.08 Å². The van der Waals surface area contributed by atoms with E-state index in [9.17, 15) is 4.79 Å². The van der Waals surface area contributed by atoms with Crippen LogP contribution in [0.3, 0.4) is 0 Å². The first-order chi connectivity index (χ1) is 12.5. The normalized spacial score (nSPS) is 24.8. The predicted octanol–water partition coefficient (Wildman–Crippen LogP) is 3.17. The van der Waals surface area contributed by atoms with Gasteiger partial charge >= 0.3 is 0 Å². The largest absolute Gasteiger partial charge is 0.493 e. The van der Waals surface area contributed by atoms with E-state index in [2.05, 4.69) is 9.89 Å². The number of carbonyl (C=O) groups excluding carboxylic acids is 1. The van der Waals surface area contributed by atoms with Crippen molar-refractivity contribution in [2.45, 2.75) is 33.0 Å². The Hall–Kier alpha value is -1.99. The van der Waals surface area contributed by atoms with E-state index < -0.39 is 0 Å². The van der Waals surface area contributed by atoms with E-state index in [-0.39, 0.29) is 18.1 Å². The summed E-state index contributed by atoms with van der Waals surface area (Å²) >= 11 is 1.41. The smallest absolute Gasteiger partial charge is 0.286 e. The maximum Gasteiger partial charge on any atom is 0.286 e. The fourth-order valence-electron chi connectivity index (χ4n) is 3.07. The minimum atomic E-state index is -0.204. The summed E-state index contributed by atoms with van der Waals surface area (Å²) in [5, 5.41) is 0.751. The Balaban J connectivity index is 1.76. The molecule has 0 radical (unpaired) electrons. The molecule has 0 spiro atoms. The van der Waals surface area contributed by atoms with Gasteiger partial charge in [0, 0.05) is 13.1 Å². The summed E-state index contributed by atoms with van der Waals surface area (Å²) in [5.41, 5.74) is 0.876. The Bertz CT molecular complexity index is 737. The second-order valence-electron chi connectivity index (χ2n) is 6.32. The van der Waals surface area contributed by atoms with E-state index in [1.807, 2.05) is 45.0 Å². The highest BCUT2D eigenvalue weighted by Crippen LogP contribution is 2.34. The molecule has 6 nitrogen and oxygen atoms in total. The second-order valence-corrected chi connectivity index (χ2v) is 7.32. The van der Waals surface area contributed by atoms with Crippen molar-refractivity contribution in [1.82, 2.24) is 4.90 Å². The Morgan fingerprint density at radius 1 is 1.31 bits per heavy atom. The minimum absolute atomic E-state index is 0.126. The third-order valence-electron chi connectivity index (χ3n) is 4.08. The van der Waals surface area contributed by atoms with E-state index in [4.69, 9.17) is 14.2 Å². The number of ether oxygens (including phenoxy) is 3. The summed E-state index contributed by atoms with van der Waals surface area (Å²) in [6, 6.07) is 5.62. The molecule has 0 saturated carbocycles. The van der Waals surface area contributed by atoms with Crippen LogP contribution in [0.4, 0.5) is 0 Å². The van der Waals surface area contributed by atoms with E-state index >= 15 is 0 Å². The molecule has 0 aliphatic carbocycles. The maximum atomic E-state index is 12.3. The topological polar surface area (TPSA) is 60.4 Å². The summed E-state index contributed by atoms with van der Waals surface area (Å²) in [5.74, 6) is 1.13. The highest BCUT2D eigenvalue weighted by Gasteiger charge is 2.31. The molecule has 2 aliphatic rings.